The molecule has 0 saturated carbocycles. The van der Waals surface area contributed by atoms with Gasteiger partial charge in [0.15, 0.2) is 0 Å². The average molecular weight is 364 g/mol. The van der Waals surface area contributed by atoms with E-state index >= 15 is 0 Å². The monoisotopic (exact) mass is 364 g/mol. The van der Waals surface area contributed by atoms with E-state index in [9.17, 15) is 9.59 Å². The van der Waals surface area contributed by atoms with Crippen molar-refractivity contribution in [1.29, 1.82) is 0 Å². The fraction of sp³-hybridized carbons (Fsp3) is 0.190. The summed E-state index contributed by atoms with van der Waals surface area (Å²) < 4.78 is 12.0. The molecular formula is C21H20N2O4. The van der Waals surface area contributed by atoms with E-state index in [0.717, 1.165) is 11.3 Å². The van der Waals surface area contributed by atoms with Crippen LogP contribution in [0.25, 0.3) is 5.69 Å². The Hall–Kier alpha value is -3.41. The van der Waals surface area contributed by atoms with Gasteiger partial charge in [0.2, 0.25) is 0 Å². The summed E-state index contributed by atoms with van der Waals surface area (Å²) in [6.07, 6.45) is 4.41. The summed E-state index contributed by atoms with van der Waals surface area (Å²) in [5, 5.41) is 4.31. The largest absolute Gasteiger partial charge is 0.462 e. The Balaban J connectivity index is 1.51. The van der Waals surface area contributed by atoms with E-state index in [-0.39, 0.29) is 12.4 Å². The van der Waals surface area contributed by atoms with Crippen LogP contribution < -0.4 is 4.74 Å². The van der Waals surface area contributed by atoms with Crippen LogP contribution in [-0.4, -0.2) is 28.3 Å². The number of para-hydroxylation sites is 1. The highest BCUT2D eigenvalue weighted by Crippen LogP contribution is 2.15. The lowest BCUT2D eigenvalue weighted by Crippen LogP contribution is -2.09. The van der Waals surface area contributed by atoms with E-state index in [1.54, 1.807) is 42.1 Å². The second kappa shape index (κ2) is 8.80. The fourth-order valence-electron chi connectivity index (χ4n) is 2.51. The van der Waals surface area contributed by atoms with Gasteiger partial charge in [-0.25, -0.2) is 9.48 Å². The molecule has 138 valence electrons. The van der Waals surface area contributed by atoms with Gasteiger partial charge in [0.05, 0.1) is 30.5 Å². The molecule has 2 aromatic carbocycles. The predicted octanol–water partition coefficient (Wildman–Crippen LogP) is 3.59. The highest BCUT2D eigenvalue weighted by atomic mass is 16.5. The molecule has 0 saturated heterocycles. The zero-order valence-corrected chi connectivity index (χ0v) is 15.0. The molecular weight excluding hydrogens is 344 g/mol. The van der Waals surface area contributed by atoms with Crippen LogP contribution >= 0.6 is 0 Å². The van der Waals surface area contributed by atoms with Gasteiger partial charge in [0, 0.05) is 6.20 Å². The van der Waals surface area contributed by atoms with Gasteiger partial charge >= 0.3 is 11.9 Å². The average Bonchev–Trinajstić information content (AvgIpc) is 3.17. The number of aromatic nitrogens is 2. The Kier molecular flexibility index (Phi) is 5.99. The second-order valence-corrected chi connectivity index (χ2v) is 5.85. The maximum atomic E-state index is 12.0. The normalized spacial score (nSPS) is 10.4. The number of aryl methyl sites for hydroxylation is 1. The van der Waals surface area contributed by atoms with Crippen molar-refractivity contribution in [1.82, 2.24) is 9.78 Å². The Bertz CT molecular complexity index is 901. The lowest BCUT2D eigenvalue weighted by atomic mass is 10.2. The van der Waals surface area contributed by atoms with Crippen molar-refractivity contribution >= 4 is 11.9 Å². The Morgan fingerprint density at radius 2 is 1.78 bits per heavy atom. The number of hydrogen-bond acceptors (Lipinski definition) is 5. The molecule has 0 spiro atoms. The van der Waals surface area contributed by atoms with Crippen LogP contribution in [0.3, 0.4) is 0 Å². The van der Waals surface area contributed by atoms with E-state index in [4.69, 9.17) is 9.47 Å². The number of carbonyl (C=O) groups excluding carboxylic acids is 2. The minimum Gasteiger partial charge on any atom is -0.462 e. The maximum Gasteiger partial charge on any atom is 0.338 e. The van der Waals surface area contributed by atoms with Gasteiger partial charge in [-0.2, -0.15) is 5.10 Å². The first kappa shape index (κ1) is 18.4. The third-order valence-corrected chi connectivity index (χ3v) is 3.87. The molecule has 1 heterocycles. The number of carbonyl (C=O) groups is 2. The number of ether oxygens (including phenoxy) is 2. The lowest BCUT2D eigenvalue weighted by Gasteiger charge is -2.05. The molecule has 0 atom stereocenters. The van der Waals surface area contributed by atoms with Gasteiger partial charge in [-0.1, -0.05) is 18.2 Å². The van der Waals surface area contributed by atoms with Crippen molar-refractivity contribution < 1.29 is 19.1 Å². The van der Waals surface area contributed by atoms with Crippen LogP contribution in [0.2, 0.25) is 0 Å². The lowest BCUT2D eigenvalue weighted by molar-refractivity contribution is -0.134. The summed E-state index contributed by atoms with van der Waals surface area (Å²) in [7, 11) is 0. The molecule has 0 aliphatic rings. The Labute approximate surface area is 157 Å². The van der Waals surface area contributed by atoms with Crippen molar-refractivity contribution in [3.63, 3.8) is 0 Å². The van der Waals surface area contributed by atoms with Crippen molar-refractivity contribution in [3.8, 4) is 11.4 Å². The van der Waals surface area contributed by atoms with Gasteiger partial charge in [0.1, 0.15) is 5.75 Å². The van der Waals surface area contributed by atoms with Gasteiger partial charge in [-0.15, -0.1) is 0 Å². The van der Waals surface area contributed by atoms with Crippen molar-refractivity contribution in [2.24, 2.45) is 0 Å². The summed E-state index contributed by atoms with van der Waals surface area (Å²) in [6.45, 7) is 2.06. The zero-order chi connectivity index (χ0) is 19.1. The molecule has 0 aliphatic heterocycles. The van der Waals surface area contributed by atoms with E-state index in [1.807, 2.05) is 36.5 Å². The molecule has 0 N–H and O–H groups in total. The quantitative estimate of drug-likeness (QED) is 0.473. The van der Waals surface area contributed by atoms with E-state index in [1.165, 1.54) is 0 Å². The number of hydrogen-bond donors (Lipinski definition) is 0. The summed E-state index contributed by atoms with van der Waals surface area (Å²) in [4.78, 5) is 23.6. The molecule has 27 heavy (non-hydrogen) atoms. The highest BCUT2D eigenvalue weighted by molar-refractivity contribution is 5.89. The molecule has 0 unspecified atom stereocenters. The number of esters is 2. The Morgan fingerprint density at radius 3 is 2.48 bits per heavy atom. The summed E-state index contributed by atoms with van der Waals surface area (Å²) >= 11 is 0. The van der Waals surface area contributed by atoms with Crippen molar-refractivity contribution in [2.75, 3.05) is 6.61 Å². The first-order chi connectivity index (χ1) is 13.2. The molecule has 1 aromatic heterocycles. The predicted molar refractivity (Wildman–Crippen MR) is 99.9 cm³/mol. The number of rotatable bonds is 7. The van der Waals surface area contributed by atoms with Crippen LogP contribution in [-0.2, 0) is 16.0 Å². The van der Waals surface area contributed by atoms with Crippen LogP contribution in [0.4, 0.5) is 0 Å². The third kappa shape index (κ3) is 5.04. The molecule has 0 fully saturated rings. The van der Waals surface area contributed by atoms with Gasteiger partial charge < -0.3 is 9.47 Å². The van der Waals surface area contributed by atoms with Gasteiger partial charge in [-0.3, -0.25) is 4.79 Å². The van der Waals surface area contributed by atoms with Crippen LogP contribution in [0, 0.1) is 0 Å². The van der Waals surface area contributed by atoms with E-state index in [0.29, 0.717) is 24.3 Å². The van der Waals surface area contributed by atoms with Gasteiger partial charge in [-0.05, 0) is 55.3 Å². The van der Waals surface area contributed by atoms with E-state index < -0.39 is 5.97 Å². The zero-order valence-electron chi connectivity index (χ0n) is 15.0. The van der Waals surface area contributed by atoms with Crippen LogP contribution in [0.5, 0.6) is 5.75 Å². The minimum atomic E-state index is -0.397. The molecule has 0 amide bonds. The molecule has 6 nitrogen and oxygen atoms in total. The summed E-state index contributed by atoms with van der Waals surface area (Å²) in [5.74, 6) is -0.342. The highest BCUT2D eigenvalue weighted by Gasteiger charge is 2.10. The van der Waals surface area contributed by atoms with Crippen LogP contribution in [0.15, 0.2) is 67.0 Å². The first-order valence-corrected chi connectivity index (χ1v) is 8.72. The van der Waals surface area contributed by atoms with Crippen LogP contribution in [0.1, 0.15) is 29.3 Å². The second-order valence-electron chi connectivity index (χ2n) is 5.85. The molecule has 0 radical (unpaired) electrons. The molecule has 0 aliphatic carbocycles. The SMILES string of the molecule is CCOC(=O)c1ccc(OC(=O)CCc2cnn(-c3ccccc3)c2)cc1. The third-order valence-electron chi connectivity index (χ3n) is 3.87. The molecule has 6 heteroatoms. The molecule has 3 aromatic rings. The summed E-state index contributed by atoms with van der Waals surface area (Å²) in [6, 6.07) is 16.1. The topological polar surface area (TPSA) is 70.4 Å². The molecule has 0 bridgehead atoms. The minimum absolute atomic E-state index is 0.236. The summed E-state index contributed by atoms with van der Waals surface area (Å²) in [5.41, 5.74) is 2.34. The number of nitrogens with zero attached hydrogens (tertiary/aromatic N) is 2. The smallest absolute Gasteiger partial charge is 0.338 e. The maximum absolute atomic E-state index is 12.0. The Morgan fingerprint density at radius 1 is 1.04 bits per heavy atom. The standard InChI is InChI=1S/C21H20N2O4/c1-2-26-21(25)17-9-11-19(12-10-17)27-20(24)13-8-16-14-22-23(15-16)18-6-4-3-5-7-18/h3-7,9-12,14-15H,2,8,13H2,1H3. The van der Waals surface area contributed by atoms with E-state index in [2.05, 4.69) is 5.10 Å². The van der Waals surface area contributed by atoms with Crippen molar-refractivity contribution in [3.05, 3.63) is 78.1 Å². The fourth-order valence-corrected chi connectivity index (χ4v) is 2.51. The number of benzene rings is 2. The van der Waals surface area contributed by atoms with Gasteiger partial charge in [0.25, 0.3) is 0 Å². The first-order valence-electron chi connectivity index (χ1n) is 8.72. The molecule has 3 rings (SSSR count). The van der Waals surface area contributed by atoms with Crippen molar-refractivity contribution in [2.45, 2.75) is 19.8 Å².